The van der Waals surface area contributed by atoms with Gasteiger partial charge in [-0.15, -0.1) is 0 Å². The summed E-state index contributed by atoms with van der Waals surface area (Å²) in [5.74, 6) is 0. The van der Waals surface area contributed by atoms with Crippen molar-refractivity contribution < 1.29 is 0 Å². The monoisotopic (exact) mass is 194 g/mol. The molecule has 0 aromatic carbocycles. The van der Waals surface area contributed by atoms with Crippen LogP contribution >= 0.6 is 0 Å². The second-order valence-corrected chi connectivity index (χ2v) is 7.03. The van der Waals surface area contributed by atoms with Crippen LogP contribution in [0.5, 0.6) is 0 Å². The molecule has 0 nitrogen and oxygen atoms in total. The largest absolute Gasteiger partial charge is 0.0817 e. The summed E-state index contributed by atoms with van der Waals surface area (Å²) in [5, 5.41) is 0. The molecule has 0 aromatic heterocycles. The fraction of sp³-hybridized carbons (Fsp3) is 0.857. The van der Waals surface area contributed by atoms with Gasteiger partial charge in [0, 0.05) is 0 Å². The van der Waals surface area contributed by atoms with Gasteiger partial charge in [0.1, 0.15) is 0 Å². The lowest BCUT2D eigenvalue weighted by molar-refractivity contribution is -0.0684. The number of rotatable bonds is 0. The van der Waals surface area contributed by atoms with Crippen LogP contribution in [0.4, 0.5) is 0 Å². The Kier molecular flexibility index (Phi) is 2.24. The number of hydrogen-bond donors (Lipinski definition) is 0. The van der Waals surface area contributed by atoms with E-state index in [1.54, 1.807) is 0 Å². The van der Waals surface area contributed by atoms with Crippen molar-refractivity contribution in [2.45, 2.75) is 55.4 Å². The highest BCUT2D eigenvalue weighted by Crippen LogP contribution is 2.62. The summed E-state index contributed by atoms with van der Waals surface area (Å²) in [6.07, 6.45) is 4.80. The summed E-state index contributed by atoms with van der Waals surface area (Å²) < 4.78 is 0. The minimum atomic E-state index is 0.284. The Morgan fingerprint density at radius 1 is 0.500 bits per heavy atom. The minimum Gasteiger partial charge on any atom is -0.0817 e. The molecule has 14 heavy (non-hydrogen) atoms. The predicted molar refractivity (Wildman–Crippen MR) is 64.3 cm³/mol. The van der Waals surface area contributed by atoms with Gasteiger partial charge < -0.3 is 0 Å². The van der Waals surface area contributed by atoms with E-state index in [2.05, 4.69) is 67.5 Å². The van der Waals surface area contributed by atoms with E-state index in [-0.39, 0.29) is 10.8 Å². The lowest BCUT2D eigenvalue weighted by Crippen LogP contribution is -2.53. The third-order valence-corrected chi connectivity index (χ3v) is 5.70. The lowest BCUT2D eigenvalue weighted by atomic mass is 9.44. The van der Waals surface area contributed by atoms with Crippen LogP contribution in [0.15, 0.2) is 12.2 Å². The van der Waals surface area contributed by atoms with Crippen LogP contribution in [-0.2, 0) is 0 Å². The average molecular weight is 194 g/mol. The summed E-state index contributed by atoms with van der Waals surface area (Å²) in [4.78, 5) is 0. The molecule has 1 aliphatic carbocycles. The van der Waals surface area contributed by atoms with Gasteiger partial charge in [0.2, 0.25) is 0 Å². The Hall–Kier alpha value is -0.260. The van der Waals surface area contributed by atoms with Gasteiger partial charge in [-0.05, 0) is 21.7 Å². The molecule has 0 saturated heterocycles. The normalized spacial score (nSPS) is 31.4. The molecule has 0 bridgehead atoms. The van der Waals surface area contributed by atoms with Crippen molar-refractivity contribution in [1.82, 2.24) is 0 Å². The van der Waals surface area contributed by atoms with Crippen molar-refractivity contribution in [2.75, 3.05) is 0 Å². The zero-order valence-electron chi connectivity index (χ0n) is 11.2. The Labute approximate surface area is 89.8 Å². The molecule has 0 unspecified atom stereocenters. The van der Waals surface area contributed by atoms with Gasteiger partial charge in [-0.2, -0.15) is 0 Å². The fourth-order valence-corrected chi connectivity index (χ4v) is 2.44. The fourth-order valence-electron chi connectivity index (χ4n) is 2.44. The SMILES string of the molecule is CC1(C)C=CC(C)(C)C(C)(C)C1(C)C. The summed E-state index contributed by atoms with van der Waals surface area (Å²) in [7, 11) is 0. The predicted octanol–water partition coefficient (Wildman–Crippen LogP) is 4.66. The topological polar surface area (TPSA) is 0 Å². The first-order chi connectivity index (χ1) is 5.96. The third kappa shape index (κ3) is 1.19. The molecule has 0 aliphatic heterocycles. The summed E-state index contributed by atoms with van der Waals surface area (Å²) in [6, 6.07) is 0. The quantitative estimate of drug-likeness (QED) is 0.492. The van der Waals surface area contributed by atoms with E-state index < -0.39 is 0 Å². The van der Waals surface area contributed by atoms with Gasteiger partial charge in [-0.1, -0.05) is 67.5 Å². The smallest absolute Gasteiger partial charge is 0.0118 e. The number of allylic oxidation sites excluding steroid dienone is 2. The highest BCUT2D eigenvalue weighted by Gasteiger charge is 2.55. The Bertz CT molecular complexity index is 234. The molecule has 0 heterocycles. The van der Waals surface area contributed by atoms with Crippen LogP contribution in [0.1, 0.15) is 55.4 Å². The Morgan fingerprint density at radius 3 is 0.929 bits per heavy atom. The zero-order valence-corrected chi connectivity index (χ0v) is 11.2. The second kappa shape index (κ2) is 2.65. The molecule has 0 saturated carbocycles. The van der Waals surface area contributed by atoms with Gasteiger partial charge in [-0.3, -0.25) is 0 Å². The van der Waals surface area contributed by atoms with Crippen LogP contribution < -0.4 is 0 Å². The third-order valence-electron chi connectivity index (χ3n) is 5.70. The van der Waals surface area contributed by atoms with Crippen molar-refractivity contribution >= 4 is 0 Å². The van der Waals surface area contributed by atoms with Crippen molar-refractivity contribution in [1.29, 1.82) is 0 Å². The molecule has 82 valence electrons. The summed E-state index contributed by atoms with van der Waals surface area (Å²) in [5.41, 5.74) is 1.20. The standard InChI is InChI=1S/C14H26/c1-11(2)9-10-12(3,4)14(7,8)13(11,5)6/h9-10H,1-8H3. The van der Waals surface area contributed by atoms with E-state index in [1.165, 1.54) is 0 Å². The summed E-state index contributed by atoms with van der Waals surface area (Å²) >= 11 is 0. The molecule has 0 spiro atoms. The van der Waals surface area contributed by atoms with Crippen molar-refractivity contribution in [3.63, 3.8) is 0 Å². The van der Waals surface area contributed by atoms with Crippen LogP contribution in [0.25, 0.3) is 0 Å². The van der Waals surface area contributed by atoms with Crippen LogP contribution in [0.2, 0.25) is 0 Å². The van der Waals surface area contributed by atoms with Gasteiger partial charge in [0.25, 0.3) is 0 Å². The van der Waals surface area contributed by atoms with E-state index in [1.807, 2.05) is 0 Å². The van der Waals surface area contributed by atoms with E-state index in [0.29, 0.717) is 10.8 Å². The maximum Gasteiger partial charge on any atom is -0.0118 e. The average Bonchev–Trinajstić information content (AvgIpc) is 1.98. The van der Waals surface area contributed by atoms with E-state index in [9.17, 15) is 0 Å². The van der Waals surface area contributed by atoms with Gasteiger partial charge in [-0.25, -0.2) is 0 Å². The molecule has 0 N–H and O–H groups in total. The minimum absolute atomic E-state index is 0.284. The van der Waals surface area contributed by atoms with Crippen molar-refractivity contribution in [3.8, 4) is 0 Å². The first-order valence-electron chi connectivity index (χ1n) is 5.66. The first-order valence-corrected chi connectivity index (χ1v) is 5.66. The van der Waals surface area contributed by atoms with Crippen molar-refractivity contribution in [2.24, 2.45) is 21.7 Å². The van der Waals surface area contributed by atoms with Crippen LogP contribution in [0.3, 0.4) is 0 Å². The summed E-state index contributed by atoms with van der Waals surface area (Å²) in [6.45, 7) is 19.0. The molecule has 0 fully saturated rings. The Balaban J connectivity index is 3.36. The van der Waals surface area contributed by atoms with Gasteiger partial charge in [0.05, 0.1) is 0 Å². The van der Waals surface area contributed by atoms with Crippen LogP contribution in [-0.4, -0.2) is 0 Å². The molecule has 0 heteroatoms. The van der Waals surface area contributed by atoms with Gasteiger partial charge >= 0.3 is 0 Å². The van der Waals surface area contributed by atoms with Crippen LogP contribution in [0, 0.1) is 21.7 Å². The molecule has 0 radical (unpaired) electrons. The van der Waals surface area contributed by atoms with E-state index in [0.717, 1.165) is 0 Å². The molecule has 0 atom stereocenters. The highest BCUT2D eigenvalue weighted by atomic mass is 14.6. The molecule has 0 aromatic rings. The zero-order chi connectivity index (χ0) is 11.4. The van der Waals surface area contributed by atoms with Crippen molar-refractivity contribution in [3.05, 3.63) is 12.2 Å². The van der Waals surface area contributed by atoms with E-state index in [4.69, 9.17) is 0 Å². The number of hydrogen-bond acceptors (Lipinski definition) is 0. The molecule has 1 aliphatic rings. The highest BCUT2D eigenvalue weighted by molar-refractivity contribution is 5.20. The maximum atomic E-state index is 2.40. The first kappa shape index (κ1) is 11.8. The van der Waals surface area contributed by atoms with Gasteiger partial charge in [0.15, 0.2) is 0 Å². The molecule has 1 rings (SSSR count). The van der Waals surface area contributed by atoms with E-state index >= 15 is 0 Å². The lowest BCUT2D eigenvalue weighted by Gasteiger charge is -2.60. The second-order valence-electron chi connectivity index (χ2n) is 7.03. The molecular formula is C14H26. The molecular weight excluding hydrogens is 168 g/mol. The maximum absolute atomic E-state index is 2.40. The Morgan fingerprint density at radius 2 is 0.714 bits per heavy atom. The molecule has 0 amide bonds.